The number of hydrogen-bond donors (Lipinski definition) is 2. The summed E-state index contributed by atoms with van der Waals surface area (Å²) in [5.74, 6) is 0.798. The molecular formula is C20H32N2O3. The number of nitrogens with zero attached hydrogens (tertiary/aromatic N) is 2. The minimum atomic E-state index is -0.478. The highest BCUT2D eigenvalue weighted by Crippen LogP contribution is 2.29. The first-order chi connectivity index (χ1) is 12.1. The summed E-state index contributed by atoms with van der Waals surface area (Å²) in [4.78, 5) is 4.68. The van der Waals surface area contributed by atoms with Crippen molar-refractivity contribution in [2.24, 2.45) is 0 Å². The number of ether oxygens (including phenoxy) is 1. The molecule has 0 amide bonds. The van der Waals surface area contributed by atoms with E-state index < -0.39 is 11.7 Å². The predicted molar refractivity (Wildman–Crippen MR) is 98.9 cm³/mol. The highest BCUT2D eigenvalue weighted by molar-refractivity contribution is 5.20. The van der Waals surface area contributed by atoms with Crippen LogP contribution in [-0.2, 0) is 0 Å². The first kappa shape index (κ1) is 18.6. The highest BCUT2D eigenvalue weighted by Gasteiger charge is 2.32. The fraction of sp³-hybridized carbons (Fsp3) is 0.700. The summed E-state index contributed by atoms with van der Waals surface area (Å²) in [6.07, 6.45) is 4.99. The summed E-state index contributed by atoms with van der Waals surface area (Å²) in [6, 6.07) is 9.62. The quantitative estimate of drug-likeness (QED) is 0.786. The van der Waals surface area contributed by atoms with Crippen molar-refractivity contribution < 1.29 is 14.9 Å². The molecule has 140 valence electrons. The molecule has 1 aromatic carbocycles. The maximum atomic E-state index is 10.7. The van der Waals surface area contributed by atoms with E-state index in [1.54, 1.807) is 0 Å². The van der Waals surface area contributed by atoms with Crippen molar-refractivity contribution in [1.29, 1.82) is 0 Å². The van der Waals surface area contributed by atoms with Gasteiger partial charge in [0, 0.05) is 39.3 Å². The Kier molecular flexibility index (Phi) is 6.70. The Morgan fingerprint density at radius 1 is 0.960 bits per heavy atom. The van der Waals surface area contributed by atoms with E-state index in [0.29, 0.717) is 13.2 Å². The number of piperazine rings is 1. The van der Waals surface area contributed by atoms with Crippen LogP contribution in [0.2, 0.25) is 0 Å². The lowest BCUT2D eigenvalue weighted by Crippen LogP contribution is -2.53. The highest BCUT2D eigenvalue weighted by atomic mass is 16.5. The van der Waals surface area contributed by atoms with Gasteiger partial charge in [-0.15, -0.1) is 0 Å². The van der Waals surface area contributed by atoms with Crippen molar-refractivity contribution in [2.45, 2.75) is 43.8 Å². The van der Waals surface area contributed by atoms with Crippen LogP contribution in [0.3, 0.4) is 0 Å². The molecule has 1 aromatic rings. The van der Waals surface area contributed by atoms with Crippen LogP contribution in [0, 0.1) is 0 Å². The standard InChI is InChI=1S/C20H32N2O3/c23-18(16-25-19-7-3-1-4-8-19)15-21-11-13-22(14-12-21)17-20(24)9-5-2-6-10-20/h1,3-4,7-8,18,23-24H,2,5-6,9-17H2. The van der Waals surface area contributed by atoms with Crippen LogP contribution in [-0.4, -0.2) is 77.6 Å². The van der Waals surface area contributed by atoms with Gasteiger partial charge in [-0.1, -0.05) is 37.5 Å². The second kappa shape index (κ2) is 8.99. The molecule has 1 saturated carbocycles. The molecule has 1 unspecified atom stereocenters. The van der Waals surface area contributed by atoms with Crippen molar-refractivity contribution in [3.63, 3.8) is 0 Å². The van der Waals surface area contributed by atoms with Gasteiger partial charge in [-0.25, -0.2) is 0 Å². The molecule has 2 fully saturated rings. The summed E-state index contributed by atoms with van der Waals surface area (Å²) in [6.45, 7) is 5.59. The van der Waals surface area contributed by atoms with Gasteiger partial charge in [0.15, 0.2) is 0 Å². The fourth-order valence-corrected chi connectivity index (χ4v) is 3.97. The first-order valence-electron chi connectivity index (χ1n) is 9.66. The third kappa shape index (κ3) is 5.96. The van der Waals surface area contributed by atoms with E-state index >= 15 is 0 Å². The van der Waals surface area contributed by atoms with Gasteiger partial charge in [-0.05, 0) is 25.0 Å². The van der Waals surface area contributed by atoms with Crippen LogP contribution < -0.4 is 4.74 Å². The predicted octanol–water partition coefficient (Wildman–Crippen LogP) is 1.74. The summed E-state index contributed by atoms with van der Waals surface area (Å²) in [7, 11) is 0. The molecule has 1 aliphatic heterocycles. The lowest BCUT2D eigenvalue weighted by Gasteiger charge is -2.41. The van der Waals surface area contributed by atoms with Gasteiger partial charge < -0.3 is 14.9 Å². The molecule has 1 heterocycles. The van der Waals surface area contributed by atoms with Crippen molar-refractivity contribution in [3.05, 3.63) is 30.3 Å². The van der Waals surface area contributed by atoms with Crippen LogP contribution in [0.5, 0.6) is 5.75 Å². The van der Waals surface area contributed by atoms with E-state index in [-0.39, 0.29) is 0 Å². The Balaban J connectivity index is 1.34. The van der Waals surface area contributed by atoms with Gasteiger partial charge in [-0.2, -0.15) is 0 Å². The third-order valence-corrected chi connectivity index (χ3v) is 5.42. The van der Waals surface area contributed by atoms with Gasteiger partial charge in [0.05, 0.1) is 5.60 Å². The van der Waals surface area contributed by atoms with Gasteiger partial charge in [0.2, 0.25) is 0 Å². The largest absolute Gasteiger partial charge is 0.491 e. The molecular weight excluding hydrogens is 316 g/mol. The Morgan fingerprint density at radius 2 is 1.60 bits per heavy atom. The Morgan fingerprint density at radius 3 is 2.28 bits per heavy atom. The van der Waals surface area contributed by atoms with E-state index in [0.717, 1.165) is 64.2 Å². The molecule has 0 radical (unpaired) electrons. The topological polar surface area (TPSA) is 56.2 Å². The summed E-state index contributed by atoms with van der Waals surface area (Å²) >= 11 is 0. The number of benzene rings is 1. The average Bonchev–Trinajstić information content (AvgIpc) is 2.63. The van der Waals surface area contributed by atoms with Crippen LogP contribution in [0.15, 0.2) is 30.3 Å². The average molecular weight is 348 g/mol. The summed E-state index contributed by atoms with van der Waals surface area (Å²) in [5.41, 5.74) is -0.469. The van der Waals surface area contributed by atoms with Crippen LogP contribution in [0.25, 0.3) is 0 Å². The first-order valence-corrected chi connectivity index (χ1v) is 9.66. The van der Waals surface area contributed by atoms with Crippen LogP contribution >= 0.6 is 0 Å². The second-order valence-electron chi connectivity index (χ2n) is 7.64. The molecule has 0 bridgehead atoms. The van der Waals surface area contributed by atoms with Gasteiger partial charge in [0.1, 0.15) is 18.5 Å². The minimum absolute atomic E-state index is 0.323. The monoisotopic (exact) mass is 348 g/mol. The second-order valence-corrected chi connectivity index (χ2v) is 7.64. The molecule has 5 heteroatoms. The summed E-state index contributed by atoms with van der Waals surface area (Å²) in [5, 5.41) is 20.9. The molecule has 2 aliphatic rings. The molecule has 0 spiro atoms. The van der Waals surface area contributed by atoms with E-state index in [1.165, 1.54) is 6.42 Å². The van der Waals surface area contributed by atoms with Crippen molar-refractivity contribution in [1.82, 2.24) is 9.80 Å². The van der Waals surface area contributed by atoms with E-state index in [2.05, 4.69) is 9.80 Å². The smallest absolute Gasteiger partial charge is 0.119 e. The van der Waals surface area contributed by atoms with Gasteiger partial charge in [0.25, 0.3) is 0 Å². The van der Waals surface area contributed by atoms with Crippen molar-refractivity contribution in [2.75, 3.05) is 45.9 Å². The zero-order chi connectivity index (χ0) is 17.5. The zero-order valence-electron chi connectivity index (χ0n) is 15.1. The summed E-state index contributed by atoms with van der Waals surface area (Å²) < 4.78 is 5.62. The Labute approximate surface area is 151 Å². The number of aliphatic hydroxyl groups is 2. The normalized spacial score (nSPS) is 23.3. The fourth-order valence-electron chi connectivity index (χ4n) is 3.97. The molecule has 1 saturated heterocycles. The number of aliphatic hydroxyl groups excluding tert-OH is 1. The molecule has 2 N–H and O–H groups in total. The van der Waals surface area contributed by atoms with E-state index in [4.69, 9.17) is 4.74 Å². The van der Waals surface area contributed by atoms with Crippen molar-refractivity contribution in [3.8, 4) is 5.75 Å². The Hall–Kier alpha value is -1.14. The minimum Gasteiger partial charge on any atom is -0.491 e. The van der Waals surface area contributed by atoms with Gasteiger partial charge in [-0.3, -0.25) is 9.80 Å². The lowest BCUT2D eigenvalue weighted by molar-refractivity contribution is -0.0387. The molecule has 25 heavy (non-hydrogen) atoms. The number of β-amino-alcohol motifs (C(OH)–C–C–N with tert-alkyl or cyclic N) is 2. The number of hydrogen-bond acceptors (Lipinski definition) is 5. The molecule has 1 atom stereocenters. The molecule has 3 rings (SSSR count). The van der Waals surface area contributed by atoms with E-state index in [9.17, 15) is 10.2 Å². The number of para-hydroxylation sites is 1. The Bertz CT molecular complexity index is 497. The maximum absolute atomic E-state index is 10.7. The van der Waals surface area contributed by atoms with E-state index in [1.807, 2.05) is 30.3 Å². The third-order valence-electron chi connectivity index (χ3n) is 5.42. The maximum Gasteiger partial charge on any atom is 0.119 e. The van der Waals surface area contributed by atoms with Crippen LogP contribution in [0.1, 0.15) is 32.1 Å². The zero-order valence-corrected chi connectivity index (χ0v) is 15.1. The lowest BCUT2D eigenvalue weighted by atomic mass is 9.84. The molecule has 0 aromatic heterocycles. The van der Waals surface area contributed by atoms with Crippen LogP contribution in [0.4, 0.5) is 0 Å². The number of rotatable bonds is 7. The van der Waals surface area contributed by atoms with Gasteiger partial charge >= 0.3 is 0 Å². The molecule has 5 nitrogen and oxygen atoms in total. The SMILES string of the molecule is OC(COc1ccccc1)CN1CCN(CC2(O)CCCCC2)CC1. The molecule has 1 aliphatic carbocycles. The van der Waals surface area contributed by atoms with Crippen molar-refractivity contribution >= 4 is 0 Å².